The number of likely N-dealkylation sites (tertiary alicyclic amines) is 1. The Balaban J connectivity index is 1.33. The van der Waals surface area contributed by atoms with Crippen molar-refractivity contribution in [1.29, 1.82) is 0 Å². The Bertz CT molecular complexity index is 2430. The van der Waals surface area contributed by atoms with Crippen LogP contribution in [0.4, 0.5) is 4.79 Å². The van der Waals surface area contributed by atoms with Crippen molar-refractivity contribution in [2.24, 2.45) is 17.3 Å². The maximum Gasteiger partial charge on any atom is 0.324 e. The first-order chi connectivity index (χ1) is 30.0. The van der Waals surface area contributed by atoms with Crippen LogP contribution in [0.25, 0.3) is 33.3 Å². The number of benzene rings is 2. The van der Waals surface area contributed by atoms with Gasteiger partial charge in [0.2, 0.25) is 5.91 Å². The van der Waals surface area contributed by atoms with Crippen molar-refractivity contribution < 1.29 is 33.8 Å². The minimum atomic E-state index is -1.13. The predicted octanol–water partition coefficient (Wildman–Crippen LogP) is 6.09. The van der Waals surface area contributed by atoms with Crippen LogP contribution in [0.2, 0.25) is 0 Å². The lowest BCUT2D eigenvalue weighted by Gasteiger charge is -2.41. The van der Waals surface area contributed by atoms with Gasteiger partial charge in [0.25, 0.3) is 5.91 Å². The van der Waals surface area contributed by atoms with E-state index >= 15 is 0 Å². The largest absolute Gasteiger partial charge is 0.508 e. The van der Waals surface area contributed by atoms with Gasteiger partial charge in [0, 0.05) is 74.8 Å². The van der Waals surface area contributed by atoms with Gasteiger partial charge in [-0.1, -0.05) is 45.7 Å². The second kappa shape index (κ2) is 18.4. The number of esters is 1. The topological polar surface area (TPSA) is 159 Å². The summed E-state index contributed by atoms with van der Waals surface area (Å²) in [6.45, 7) is 13.8. The first kappa shape index (κ1) is 45.1. The SMILES string of the molecule is C#CC1CN(C(=O)N(C)[C@H](C(=O)N[C@H]2Cc3cc(O)cc(c3)-c3ccc4c(c3)c(c(-c3cccnc3[C@H](C)OC)n4CC)CC(C)(C)COC(=O)[C@@H]3CCCN(N3)C2=O)C(C)C)C1. The van der Waals surface area contributed by atoms with Gasteiger partial charge in [0.15, 0.2) is 0 Å². The molecule has 7 rings (SSSR count). The number of carbonyl (C=O) groups excluding carboxylic acids is 4. The van der Waals surface area contributed by atoms with Gasteiger partial charge in [-0.3, -0.25) is 24.4 Å². The van der Waals surface area contributed by atoms with Crippen molar-refractivity contribution in [2.45, 2.75) is 98.0 Å². The van der Waals surface area contributed by atoms with Crippen molar-refractivity contribution >= 4 is 34.7 Å². The molecule has 3 aliphatic heterocycles. The van der Waals surface area contributed by atoms with Gasteiger partial charge in [-0.15, -0.1) is 6.42 Å². The van der Waals surface area contributed by atoms with Crippen molar-refractivity contribution in [1.82, 2.24) is 35.1 Å². The molecule has 0 aliphatic carbocycles. The standard InChI is InChI=1S/C49H61N7O7/c1-10-31-26-54(27-31)48(61)53(8)43(29(3)4)45(58)51-40-22-32-20-34(23-35(57)21-32)33-16-17-41-37(24-33)38(44(55(41)11-2)36-14-12-18-50-42(36)30(5)62-9)25-49(6,7)28-63-47(60)39-15-13-19-56(52-39)46(40)59/h1,12,14,16-18,20-21,23-24,29-31,39-40,43,52,57H,11,13,15,19,22,25-28H2,2-9H3,(H,51,58)/t30-,39-,40-,43-/m0/s1. The number of terminal acetylenes is 1. The van der Waals surface area contributed by atoms with Crippen LogP contribution in [-0.4, -0.2) is 112 Å². The summed E-state index contributed by atoms with van der Waals surface area (Å²) in [5.41, 5.74) is 9.62. The summed E-state index contributed by atoms with van der Waals surface area (Å²) in [4.78, 5) is 64.2. The maximum absolute atomic E-state index is 14.6. The molecule has 0 saturated carbocycles. The second-order valence-corrected chi connectivity index (χ2v) is 18.4. The highest BCUT2D eigenvalue weighted by molar-refractivity contribution is 5.96. The first-order valence-corrected chi connectivity index (χ1v) is 22.0. The van der Waals surface area contributed by atoms with Crippen LogP contribution in [0.15, 0.2) is 54.7 Å². The number of carbonyl (C=O) groups is 4. The monoisotopic (exact) mass is 859 g/mol. The van der Waals surface area contributed by atoms with E-state index in [-0.39, 0.29) is 42.7 Å². The Labute approximate surface area is 370 Å². The quantitative estimate of drug-likeness (QED) is 0.141. The highest BCUT2D eigenvalue weighted by Gasteiger charge is 2.40. The van der Waals surface area contributed by atoms with Gasteiger partial charge in [-0.05, 0) is 97.7 Å². The number of likely N-dealkylation sites (N-methyl/N-ethyl adjacent to an activating group) is 1. The van der Waals surface area contributed by atoms with Crippen LogP contribution in [0.5, 0.6) is 5.75 Å². The number of aromatic hydroxyl groups is 1. The van der Waals surface area contributed by atoms with Gasteiger partial charge in [-0.2, -0.15) is 0 Å². The van der Waals surface area contributed by atoms with Gasteiger partial charge < -0.3 is 34.3 Å². The van der Waals surface area contributed by atoms with Gasteiger partial charge in [-0.25, -0.2) is 10.2 Å². The zero-order chi connectivity index (χ0) is 45.3. The zero-order valence-electron chi connectivity index (χ0n) is 37.7. The Morgan fingerprint density at radius 3 is 2.59 bits per heavy atom. The first-order valence-electron chi connectivity index (χ1n) is 22.0. The molecule has 0 spiro atoms. The third-order valence-corrected chi connectivity index (χ3v) is 12.7. The Kier molecular flexibility index (Phi) is 13.2. The molecule has 334 valence electrons. The minimum absolute atomic E-state index is 0.000343. The Morgan fingerprint density at radius 2 is 1.89 bits per heavy atom. The number of aryl methyl sites for hydroxylation is 1. The number of amides is 4. The number of urea groups is 1. The molecule has 2 fully saturated rings. The molecule has 6 bridgehead atoms. The van der Waals surface area contributed by atoms with Crippen LogP contribution in [0.3, 0.4) is 0 Å². The maximum atomic E-state index is 14.6. The van der Waals surface area contributed by atoms with E-state index < -0.39 is 41.3 Å². The fraction of sp³-hybridized carbons (Fsp3) is 0.490. The number of pyridine rings is 1. The normalized spacial score (nSPS) is 20.3. The molecule has 5 heterocycles. The summed E-state index contributed by atoms with van der Waals surface area (Å²) >= 11 is 0. The molecule has 2 aromatic carbocycles. The average Bonchev–Trinajstić information content (AvgIpc) is 3.55. The number of hydrogen-bond acceptors (Lipinski definition) is 9. The van der Waals surface area contributed by atoms with Crippen molar-refractivity contribution in [3.63, 3.8) is 0 Å². The van der Waals surface area contributed by atoms with Crippen LogP contribution in [-0.2, 0) is 43.2 Å². The van der Waals surface area contributed by atoms with Crippen LogP contribution in [0, 0.1) is 29.6 Å². The molecule has 2 aromatic heterocycles. The number of cyclic esters (lactones) is 1. The van der Waals surface area contributed by atoms with E-state index in [4.69, 9.17) is 20.9 Å². The summed E-state index contributed by atoms with van der Waals surface area (Å²) in [5, 5.41) is 16.7. The number of nitrogens with one attached hydrogen (secondary N) is 2. The van der Waals surface area contributed by atoms with Gasteiger partial charge in [0.1, 0.15) is 23.9 Å². The van der Waals surface area contributed by atoms with E-state index in [1.165, 1.54) is 9.91 Å². The number of hydrazine groups is 1. The molecule has 3 aliphatic rings. The molecule has 4 atom stereocenters. The van der Waals surface area contributed by atoms with Crippen LogP contribution in [0.1, 0.15) is 77.3 Å². The fourth-order valence-electron chi connectivity index (χ4n) is 9.33. The van der Waals surface area contributed by atoms with Crippen LogP contribution < -0.4 is 10.7 Å². The molecular weight excluding hydrogens is 799 g/mol. The molecule has 4 amide bonds. The van der Waals surface area contributed by atoms with Crippen LogP contribution >= 0.6 is 0 Å². The van der Waals surface area contributed by atoms with Gasteiger partial charge in [0.05, 0.1) is 30.0 Å². The molecule has 0 radical (unpaired) electrons. The van der Waals surface area contributed by atoms with Crippen molar-refractivity contribution in [3.05, 3.63) is 71.5 Å². The Morgan fingerprint density at radius 1 is 1.13 bits per heavy atom. The number of aromatic nitrogens is 2. The highest BCUT2D eigenvalue weighted by Crippen LogP contribution is 2.42. The molecule has 2 saturated heterocycles. The predicted molar refractivity (Wildman–Crippen MR) is 241 cm³/mol. The van der Waals surface area contributed by atoms with E-state index in [2.05, 4.69) is 60.2 Å². The van der Waals surface area contributed by atoms with E-state index in [1.54, 1.807) is 37.4 Å². The van der Waals surface area contributed by atoms with E-state index in [1.807, 2.05) is 39.0 Å². The molecule has 14 nitrogen and oxygen atoms in total. The van der Waals surface area contributed by atoms with E-state index in [9.17, 15) is 24.3 Å². The summed E-state index contributed by atoms with van der Waals surface area (Å²) in [6.07, 6.45) is 8.60. The molecule has 0 unspecified atom stereocenters. The average molecular weight is 860 g/mol. The molecule has 4 aromatic rings. The number of rotatable bonds is 8. The number of phenols is 1. The lowest BCUT2D eigenvalue weighted by molar-refractivity contribution is -0.155. The molecule has 63 heavy (non-hydrogen) atoms. The fourth-order valence-corrected chi connectivity index (χ4v) is 9.33. The Hall–Kier alpha value is -5.91. The summed E-state index contributed by atoms with van der Waals surface area (Å²) < 4.78 is 14.2. The number of fused-ring (bicyclic) bond motifs is 6. The summed E-state index contributed by atoms with van der Waals surface area (Å²) in [6, 6.07) is 12.3. The van der Waals surface area contributed by atoms with Crippen molar-refractivity contribution in [3.8, 4) is 40.5 Å². The summed E-state index contributed by atoms with van der Waals surface area (Å²) in [7, 11) is 3.26. The number of hydrogen-bond donors (Lipinski definition) is 3. The third kappa shape index (κ3) is 9.26. The molecule has 3 N–H and O–H groups in total. The van der Waals surface area contributed by atoms with Gasteiger partial charge >= 0.3 is 12.0 Å². The van der Waals surface area contributed by atoms with E-state index in [0.717, 1.165) is 44.5 Å². The van der Waals surface area contributed by atoms with E-state index in [0.29, 0.717) is 51.0 Å². The number of ether oxygens (including phenoxy) is 2. The third-order valence-electron chi connectivity index (χ3n) is 12.7. The van der Waals surface area contributed by atoms with Crippen molar-refractivity contribution in [2.75, 3.05) is 40.4 Å². The smallest absolute Gasteiger partial charge is 0.324 e. The second-order valence-electron chi connectivity index (χ2n) is 18.4. The lowest BCUT2D eigenvalue weighted by Crippen LogP contribution is -2.63. The highest BCUT2D eigenvalue weighted by atomic mass is 16.5. The minimum Gasteiger partial charge on any atom is -0.508 e. The number of nitrogens with zero attached hydrogens (tertiary/aromatic N) is 5. The number of methoxy groups -OCH3 is 1. The molecular formula is C49H61N7O7. The summed E-state index contributed by atoms with van der Waals surface area (Å²) in [5.74, 6) is 0.901. The molecule has 14 heteroatoms. The lowest BCUT2D eigenvalue weighted by atomic mass is 9.84. The zero-order valence-corrected chi connectivity index (χ0v) is 37.7. The number of phenolic OH excluding ortho intramolecular Hbond substituents is 1.